The predicted molar refractivity (Wildman–Crippen MR) is 127 cm³/mol. The molecule has 0 bridgehead atoms. The van der Waals surface area contributed by atoms with Gasteiger partial charge in [-0.25, -0.2) is 9.69 Å². The largest absolute Gasteiger partial charge is 0.444 e. The number of benzene rings is 1. The van der Waals surface area contributed by atoms with Gasteiger partial charge in [-0.3, -0.25) is 9.59 Å². The molecule has 3 amide bonds. The molecule has 1 aromatic rings. The van der Waals surface area contributed by atoms with Crippen molar-refractivity contribution < 1.29 is 28.6 Å². The molecule has 0 aromatic heterocycles. The van der Waals surface area contributed by atoms with Crippen LogP contribution in [0.3, 0.4) is 0 Å². The lowest BCUT2D eigenvalue weighted by Gasteiger charge is -2.32. The van der Waals surface area contributed by atoms with E-state index in [-0.39, 0.29) is 18.4 Å². The SMILES string of the molecule is COC1OCC[C@@H]1N(C(=O)OCc1ccccc1)C(=O)[C@H](CC(C)C)NC(=O)[C@@H](N)CC(C)C. The van der Waals surface area contributed by atoms with Crippen LogP contribution in [0.15, 0.2) is 30.3 Å². The van der Waals surface area contributed by atoms with E-state index in [1.807, 2.05) is 58.0 Å². The zero-order chi connectivity index (χ0) is 25.3. The van der Waals surface area contributed by atoms with Crippen LogP contribution in [-0.4, -0.2) is 60.9 Å². The first-order valence-corrected chi connectivity index (χ1v) is 11.9. The number of nitrogens with one attached hydrogen (secondary N) is 1. The molecule has 1 heterocycles. The highest BCUT2D eigenvalue weighted by molar-refractivity contribution is 5.98. The number of hydrogen-bond acceptors (Lipinski definition) is 7. The Balaban J connectivity index is 2.26. The molecule has 1 saturated heterocycles. The second-order valence-corrected chi connectivity index (χ2v) is 9.51. The Bertz CT molecular complexity index is 801. The number of carbonyl (C=O) groups excluding carboxylic acids is 3. The molecule has 190 valence electrons. The van der Waals surface area contributed by atoms with Gasteiger partial charge in [-0.1, -0.05) is 58.0 Å². The van der Waals surface area contributed by atoms with Gasteiger partial charge in [-0.15, -0.1) is 0 Å². The van der Waals surface area contributed by atoms with Crippen LogP contribution in [0, 0.1) is 11.8 Å². The van der Waals surface area contributed by atoms with Gasteiger partial charge >= 0.3 is 6.09 Å². The Morgan fingerprint density at radius 3 is 2.35 bits per heavy atom. The maximum atomic E-state index is 13.7. The molecule has 1 unspecified atom stereocenters. The highest BCUT2D eigenvalue weighted by Gasteiger charge is 2.43. The minimum absolute atomic E-state index is 0.00908. The number of rotatable bonds is 11. The molecule has 1 aromatic carbocycles. The van der Waals surface area contributed by atoms with Gasteiger partial charge in [0.05, 0.1) is 18.7 Å². The molecule has 1 fully saturated rings. The molecule has 0 aliphatic carbocycles. The molecular weight excluding hydrogens is 438 g/mol. The third-order valence-corrected chi connectivity index (χ3v) is 5.60. The predicted octanol–water partition coefficient (Wildman–Crippen LogP) is 2.82. The van der Waals surface area contributed by atoms with Crippen molar-refractivity contribution in [2.75, 3.05) is 13.7 Å². The fourth-order valence-electron chi connectivity index (χ4n) is 3.96. The number of carbonyl (C=O) groups is 3. The molecule has 9 heteroatoms. The number of methoxy groups -OCH3 is 1. The summed E-state index contributed by atoms with van der Waals surface area (Å²) in [5.41, 5.74) is 6.84. The van der Waals surface area contributed by atoms with Gasteiger partial charge in [-0.05, 0) is 36.7 Å². The second-order valence-electron chi connectivity index (χ2n) is 9.51. The lowest BCUT2D eigenvalue weighted by molar-refractivity contribution is -0.148. The monoisotopic (exact) mass is 477 g/mol. The summed E-state index contributed by atoms with van der Waals surface area (Å²) < 4.78 is 16.4. The lowest BCUT2D eigenvalue weighted by atomic mass is 9.99. The second kappa shape index (κ2) is 13.4. The Labute approximate surface area is 202 Å². The van der Waals surface area contributed by atoms with Crippen LogP contribution in [0.25, 0.3) is 0 Å². The standard InChI is InChI=1S/C25H39N3O6/c1-16(2)13-19(26)22(29)27-20(14-17(3)4)23(30)28(21-11-12-33-24(21)32-5)25(31)34-15-18-9-7-6-8-10-18/h6-10,16-17,19-21,24H,11-15,26H2,1-5H3,(H,27,29)/t19-,20-,21-,24?/m0/s1. The van der Waals surface area contributed by atoms with E-state index in [2.05, 4.69) is 5.32 Å². The van der Waals surface area contributed by atoms with Gasteiger partial charge < -0.3 is 25.3 Å². The minimum Gasteiger partial charge on any atom is -0.444 e. The maximum Gasteiger partial charge on any atom is 0.417 e. The van der Waals surface area contributed by atoms with E-state index >= 15 is 0 Å². The summed E-state index contributed by atoms with van der Waals surface area (Å²) in [6.07, 6.45) is -0.348. The summed E-state index contributed by atoms with van der Waals surface area (Å²) in [6, 6.07) is 6.84. The molecule has 1 aliphatic rings. The molecule has 0 radical (unpaired) electrons. The van der Waals surface area contributed by atoms with Crippen molar-refractivity contribution in [1.82, 2.24) is 10.2 Å². The van der Waals surface area contributed by atoms with E-state index < -0.39 is 42.3 Å². The molecule has 2 rings (SSSR count). The van der Waals surface area contributed by atoms with Crippen molar-refractivity contribution in [2.24, 2.45) is 17.6 Å². The normalized spacial score (nSPS) is 19.6. The van der Waals surface area contributed by atoms with E-state index in [0.29, 0.717) is 25.9 Å². The van der Waals surface area contributed by atoms with Crippen LogP contribution < -0.4 is 11.1 Å². The maximum absolute atomic E-state index is 13.7. The van der Waals surface area contributed by atoms with E-state index in [9.17, 15) is 14.4 Å². The van der Waals surface area contributed by atoms with Crippen LogP contribution >= 0.6 is 0 Å². The van der Waals surface area contributed by atoms with Crippen molar-refractivity contribution in [3.8, 4) is 0 Å². The van der Waals surface area contributed by atoms with E-state index in [4.69, 9.17) is 19.9 Å². The highest BCUT2D eigenvalue weighted by atomic mass is 16.7. The number of nitrogens with two attached hydrogens (primary N) is 1. The third-order valence-electron chi connectivity index (χ3n) is 5.60. The average Bonchev–Trinajstić information content (AvgIpc) is 3.25. The Kier molecular flexibility index (Phi) is 10.9. The van der Waals surface area contributed by atoms with Gasteiger partial charge in [0.1, 0.15) is 12.6 Å². The number of ether oxygens (including phenoxy) is 3. The van der Waals surface area contributed by atoms with E-state index in [1.54, 1.807) is 0 Å². The summed E-state index contributed by atoms with van der Waals surface area (Å²) >= 11 is 0. The third kappa shape index (κ3) is 8.07. The Morgan fingerprint density at radius 1 is 1.12 bits per heavy atom. The van der Waals surface area contributed by atoms with Crippen molar-refractivity contribution in [3.63, 3.8) is 0 Å². The van der Waals surface area contributed by atoms with Crippen LogP contribution in [-0.2, 0) is 30.4 Å². The van der Waals surface area contributed by atoms with Crippen molar-refractivity contribution >= 4 is 17.9 Å². The summed E-state index contributed by atoms with van der Waals surface area (Å²) in [5, 5.41) is 2.77. The molecule has 4 atom stereocenters. The zero-order valence-corrected chi connectivity index (χ0v) is 20.9. The van der Waals surface area contributed by atoms with Crippen LogP contribution in [0.1, 0.15) is 52.5 Å². The summed E-state index contributed by atoms with van der Waals surface area (Å²) in [5.74, 6) is -0.677. The summed E-state index contributed by atoms with van der Waals surface area (Å²) in [6.45, 7) is 8.16. The Hall–Kier alpha value is -2.49. The number of amides is 3. The van der Waals surface area contributed by atoms with Gasteiger partial charge in [0.15, 0.2) is 6.29 Å². The van der Waals surface area contributed by atoms with Crippen molar-refractivity contribution in [1.29, 1.82) is 0 Å². The quantitative estimate of drug-likeness (QED) is 0.503. The van der Waals surface area contributed by atoms with E-state index in [0.717, 1.165) is 10.5 Å². The molecule has 0 saturated carbocycles. The Morgan fingerprint density at radius 2 is 1.76 bits per heavy atom. The molecule has 9 nitrogen and oxygen atoms in total. The number of imide groups is 1. The van der Waals surface area contributed by atoms with Gasteiger partial charge in [0, 0.05) is 7.11 Å². The first-order valence-electron chi connectivity index (χ1n) is 11.9. The fraction of sp³-hybridized carbons (Fsp3) is 0.640. The van der Waals surface area contributed by atoms with Gasteiger partial charge in [0.25, 0.3) is 5.91 Å². The highest BCUT2D eigenvalue weighted by Crippen LogP contribution is 2.24. The molecule has 3 N–H and O–H groups in total. The first-order chi connectivity index (χ1) is 16.1. The minimum atomic E-state index is -0.937. The number of hydrogen-bond donors (Lipinski definition) is 2. The first kappa shape index (κ1) is 27.8. The van der Waals surface area contributed by atoms with Gasteiger partial charge in [0.2, 0.25) is 5.91 Å². The summed E-state index contributed by atoms with van der Waals surface area (Å²) in [7, 11) is 1.46. The van der Waals surface area contributed by atoms with E-state index in [1.165, 1.54) is 7.11 Å². The average molecular weight is 478 g/mol. The molecule has 0 spiro atoms. The molecular formula is C25H39N3O6. The molecule has 1 aliphatic heterocycles. The van der Waals surface area contributed by atoms with Crippen molar-refractivity contribution in [3.05, 3.63) is 35.9 Å². The fourth-order valence-corrected chi connectivity index (χ4v) is 3.96. The summed E-state index contributed by atoms with van der Waals surface area (Å²) in [4.78, 5) is 40.7. The topological polar surface area (TPSA) is 120 Å². The van der Waals surface area contributed by atoms with Crippen LogP contribution in [0.5, 0.6) is 0 Å². The number of nitrogens with zero attached hydrogens (tertiary/aromatic N) is 1. The van der Waals surface area contributed by atoms with Crippen LogP contribution in [0.2, 0.25) is 0 Å². The molecule has 34 heavy (non-hydrogen) atoms. The van der Waals surface area contributed by atoms with Crippen molar-refractivity contribution in [2.45, 2.75) is 78.0 Å². The lowest BCUT2D eigenvalue weighted by Crippen LogP contribution is -2.58. The van der Waals surface area contributed by atoms with Gasteiger partial charge in [-0.2, -0.15) is 0 Å². The smallest absolute Gasteiger partial charge is 0.417 e. The zero-order valence-electron chi connectivity index (χ0n) is 20.9. The van der Waals surface area contributed by atoms with Crippen LogP contribution in [0.4, 0.5) is 4.79 Å².